The van der Waals surface area contributed by atoms with Crippen LogP contribution in [0.25, 0.3) is 0 Å². The lowest BCUT2D eigenvalue weighted by molar-refractivity contribution is 0.0601. The van der Waals surface area contributed by atoms with Crippen molar-refractivity contribution in [2.75, 3.05) is 19.0 Å². The van der Waals surface area contributed by atoms with Crippen molar-refractivity contribution >= 4 is 17.5 Å². The van der Waals surface area contributed by atoms with Crippen molar-refractivity contribution in [3.63, 3.8) is 0 Å². The highest BCUT2D eigenvalue weighted by atomic mass is 16.5. The molecule has 0 radical (unpaired) electrons. The Balaban J connectivity index is 1.51. The highest BCUT2D eigenvalue weighted by Gasteiger charge is 2.21. The molecule has 1 aliphatic heterocycles. The molecule has 6 nitrogen and oxygen atoms in total. The molecule has 2 aromatic carbocycles. The second-order valence-corrected chi connectivity index (χ2v) is 6.79. The summed E-state index contributed by atoms with van der Waals surface area (Å²) in [5.41, 5.74) is 4.79. The average Bonchev–Trinajstić information content (AvgIpc) is 2.74. The highest BCUT2D eigenvalue weighted by molar-refractivity contribution is 5.90. The fraction of sp³-hybridized carbons (Fsp3) is 0.227. The minimum atomic E-state index is -0.357. The number of carbonyl (C=O) groups excluding carboxylic acids is 1. The van der Waals surface area contributed by atoms with E-state index in [9.17, 15) is 4.79 Å². The molecular formula is C22H22N4O2. The van der Waals surface area contributed by atoms with Crippen LogP contribution < -0.4 is 5.32 Å². The number of fused-ring (bicyclic) bond motifs is 1. The number of carbonyl (C=O) groups is 1. The Kier molecular flexibility index (Phi) is 5.30. The molecule has 0 bridgehead atoms. The third-order valence-electron chi connectivity index (χ3n) is 4.88. The van der Waals surface area contributed by atoms with Crippen molar-refractivity contribution < 1.29 is 9.53 Å². The first kappa shape index (κ1) is 18.1. The number of hydrogen-bond donors (Lipinski definition) is 1. The predicted octanol–water partition coefficient (Wildman–Crippen LogP) is 3.57. The SMILES string of the molecule is COC(=O)c1cccc(Nc2ncnc3c2CCN(Cc2ccccc2)C3)c1. The topological polar surface area (TPSA) is 67.3 Å². The van der Waals surface area contributed by atoms with Crippen LogP contribution >= 0.6 is 0 Å². The molecule has 4 rings (SSSR count). The lowest BCUT2D eigenvalue weighted by Gasteiger charge is -2.29. The molecule has 0 spiro atoms. The highest BCUT2D eigenvalue weighted by Crippen LogP contribution is 2.26. The van der Waals surface area contributed by atoms with E-state index in [2.05, 4.69) is 44.5 Å². The molecule has 142 valence electrons. The van der Waals surface area contributed by atoms with Crippen LogP contribution in [0.5, 0.6) is 0 Å². The first-order valence-electron chi connectivity index (χ1n) is 9.27. The normalized spacial score (nSPS) is 13.6. The van der Waals surface area contributed by atoms with Gasteiger partial charge in [0.2, 0.25) is 0 Å². The van der Waals surface area contributed by atoms with Gasteiger partial charge in [0.1, 0.15) is 12.1 Å². The third-order valence-corrected chi connectivity index (χ3v) is 4.88. The zero-order valence-electron chi connectivity index (χ0n) is 15.8. The summed E-state index contributed by atoms with van der Waals surface area (Å²) in [5, 5.41) is 3.34. The number of ether oxygens (including phenoxy) is 1. The number of aromatic nitrogens is 2. The summed E-state index contributed by atoms with van der Waals surface area (Å²) in [4.78, 5) is 23.1. The molecule has 28 heavy (non-hydrogen) atoms. The lowest BCUT2D eigenvalue weighted by Crippen LogP contribution is -2.31. The molecule has 0 fully saturated rings. The van der Waals surface area contributed by atoms with E-state index in [1.54, 1.807) is 18.5 Å². The smallest absolute Gasteiger partial charge is 0.337 e. The van der Waals surface area contributed by atoms with Crippen molar-refractivity contribution in [2.45, 2.75) is 19.5 Å². The Bertz CT molecular complexity index is 975. The van der Waals surface area contributed by atoms with Crippen LogP contribution in [0.4, 0.5) is 11.5 Å². The number of nitrogens with zero attached hydrogens (tertiary/aromatic N) is 3. The van der Waals surface area contributed by atoms with E-state index in [0.29, 0.717) is 5.56 Å². The van der Waals surface area contributed by atoms with Gasteiger partial charge in [0.05, 0.1) is 18.4 Å². The van der Waals surface area contributed by atoms with Crippen LogP contribution in [0.1, 0.15) is 27.2 Å². The molecule has 0 saturated carbocycles. The summed E-state index contributed by atoms with van der Waals surface area (Å²) in [6, 6.07) is 17.7. The predicted molar refractivity (Wildman–Crippen MR) is 107 cm³/mol. The number of methoxy groups -OCH3 is 1. The van der Waals surface area contributed by atoms with Crippen LogP contribution in [0.3, 0.4) is 0 Å². The summed E-state index contributed by atoms with van der Waals surface area (Å²) in [6.07, 6.45) is 2.47. The van der Waals surface area contributed by atoms with Gasteiger partial charge >= 0.3 is 5.97 Å². The minimum absolute atomic E-state index is 0.357. The average molecular weight is 374 g/mol. The minimum Gasteiger partial charge on any atom is -0.465 e. The number of hydrogen-bond acceptors (Lipinski definition) is 6. The number of nitrogens with one attached hydrogen (secondary N) is 1. The van der Waals surface area contributed by atoms with E-state index in [1.165, 1.54) is 12.7 Å². The molecule has 2 heterocycles. The van der Waals surface area contributed by atoms with Crippen LogP contribution in [0, 0.1) is 0 Å². The second kappa shape index (κ2) is 8.19. The molecule has 0 amide bonds. The molecule has 3 aromatic rings. The number of rotatable bonds is 5. The monoisotopic (exact) mass is 374 g/mol. The van der Waals surface area contributed by atoms with E-state index >= 15 is 0 Å². The van der Waals surface area contributed by atoms with Crippen molar-refractivity contribution in [3.8, 4) is 0 Å². The number of anilines is 2. The van der Waals surface area contributed by atoms with Crippen molar-refractivity contribution in [1.29, 1.82) is 0 Å². The first-order chi connectivity index (χ1) is 13.7. The maximum absolute atomic E-state index is 11.8. The molecule has 1 N–H and O–H groups in total. The zero-order valence-corrected chi connectivity index (χ0v) is 15.8. The molecule has 1 aliphatic rings. The Labute approximate surface area is 164 Å². The van der Waals surface area contributed by atoms with Crippen molar-refractivity contribution in [3.05, 3.63) is 83.3 Å². The Hall–Kier alpha value is -3.25. The van der Waals surface area contributed by atoms with Gasteiger partial charge in [-0.3, -0.25) is 4.90 Å². The van der Waals surface area contributed by atoms with Crippen LogP contribution in [0.2, 0.25) is 0 Å². The van der Waals surface area contributed by atoms with E-state index in [4.69, 9.17) is 4.74 Å². The molecule has 0 atom stereocenters. The van der Waals surface area contributed by atoms with E-state index in [0.717, 1.165) is 48.8 Å². The maximum atomic E-state index is 11.8. The Morgan fingerprint density at radius 2 is 2.00 bits per heavy atom. The van der Waals surface area contributed by atoms with E-state index in [-0.39, 0.29) is 5.97 Å². The summed E-state index contributed by atoms with van der Waals surface area (Å²) in [6.45, 7) is 2.66. The number of benzene rings is 2. The first-order valence-corrected chi connectivity index (χ1v) is 9.27. The van der Waals surface area contributed by atoms with Crippen LogP contribution in [0.15, 0.2) is 60.9 Å². The van der Waals surface area contributed by atoms with Gasteiger partial charge in [0, 0.05) is 30.9 Å². The molecular weight excluding hydrogens is 352 g/mol. The zero-order chi connectivity index (χ0) is 19.3. The Morgan fingerprint density at radius 3 is 2.82 bits per heavy atom. The lowest BCUT2D eigenvalue weighted by atomic mass is 10.0. The quantitative estimate of drug-likeness (QED) is 0.689. The van der Waals surface area contributed by atoms with Gasteiger partial charge in [-0.15, -0.1) is 0 Å². The van der Waals surface area contributed by atoms with Gasteiger partial charge in [0.25, 0.3) is 0 Å². The number of esters is 1. The molecule has 0 unspecified atom stereocenters. The van der Waals surface area contributed by atoms with Crippen molar-refractivity contribution in [2.24, 2.45) is 0 Å². The van der Waals surface area contributed by atoms with Gasteiger partial charge in [-0.2, -0.15) is 0 Å². The van der Waals surface area contributed by atoms with Gasteiger partial charge in [-0.25, -0.2) is 14.8 Å². The fourth-order valence-corrected chi connectivity index (χ4v) is 3.47. The van der Waals surface area contributed by atoms with Gasteiger partial charge in [-0.05, 0) is 30.2 Å². The van der Waals surface area contributed by atoms with E-state index < -0.39 is 0 Å². The maximum Gasteiger partial charge on any atom is 0.337 e. The second-order valence-electron chi connectivity index (χ2n) is 6.79. The molecule has 0 saturated heterocycles. The summed E-state index contributed by atoms with van der Waals surface area (Å²) >= 11 is 0. The molecule has 0 aliphatic carbocycles. The molecule has 6 heteroatoms. The summed E-state index contributed by atoms with van der Waals surface area (Å²) in [7, 11) is 1.38. The fourth-order valence-electron chi connectivity index (χ4n) is 3.47. The standard InChI is InChI=1S/C22H22N4O2/c1-28-22(27)17-8-5-9-18(12-17)25-21-19-10-11-26(14-20(19)23-15-24-21)13-16-6-3-2-4-7-16/h2-9,12,15H,10-11,13-14H2,1H3,(H,23,24,25). The van der Waals surface area contributed by atoms with Gasteiger partial charge in [0.15, 0.2) is 0 Å². The summed E-state index contributed by atoms with van der Waals surface area (Å²) < 4.78 is 4.79. The van der Waals surface area contributed by atoms with Crippen LogP contribution in [-0.2, 0) is 24.2 Å². The largest absolute Gasteiger partial charge is 0.465 e. The van der Waals surface area contributed by atoms with Crippen LogP contribution in [-0.4, -0.2) is 34.5 Å². The molecule has 1 aromatic heterocycles. The van der Waals surface area contributed by atoms with Crippen molar-refractivity contribution in [1.82, 2.24) is 14.9 Å². The van der Waals surface area contributed by atoms with Gasteiger partial charge in [-0.1, -0.05) is 36.4 Å². The third kappa shape index (κ3) is 4.02. The van der Waals surface area contributed by atoms with Gasteiger partial charge < -0.3 is 10.1 Å². The van der Waals surface area contributed by atoms with E-state index in [1.807, 2.05) is 18.2 Å². The summed E-state index contributed by atoms with van der Waals surface area (Å²) in [5.74, 6) is 0.441. The Morgan fingerprint density at radius 1 is 1.14 bits per heavy atom.